The van der Waals surface area contributed by atoms with Gasteiger partial charge in [-0.15, -0.1) is 11.3 Å². The Balaban J connectivity index is 2.02. The van der Waals surface area contributed by atoms with Crippen molar-refractivity contribution < 1.29 is 0 Å². The number of hydrogen-bond donors (Lipinski definition) is 1. The molecular weight excluding hydrogens is 214 g/mol. The molecule has 1 aromatic heterocycles. The fourth-order valence-corrected chi connectivity index (χ4v) is 3.79. The van der Waals surface area contributed by atoms with Crippen molar-refractivity contribution in [1.82, 2.24) is 5.32 Å². The first-order chi connectivity index (χ1) is 7.79. The third kappa shape index (κ3) is 3.08. The minimum atomic E-state index is 0.750. The summed E-state index contributed by atoms with van der Waals surface area (Å²) in [6, 6.07) is 5.37. The van der Waals surface area contributed by atoms with Crippen LogP contribution < -0.4 is 5.32 Å². The van der Waals surface area contributed by atoms with Gasteiger partial charge in [-0.05, 0) is 50.8 Å². The molecule has 2 rings (SSSR count). The molecule has 0 radical (unpaired) electrons. The van der Waals surface area contributed by atoms with Crippen molar-refractivity contribution in [3.63, 3.8) is 0 Å². The Kier molecular flexibility index (Phi) is 4.42. The third-order valence-electron chi connectivity index (χ3n) is 3.58. The maximum absolute atomic E-state index is 3.64. The van der Waals surface area contributed by atoms with E-state index < -0.39 is 0 Å². The topological polar surface area (TPSA) is 12.0 Å². The Morgan fingerprint density at radius 3 is 2.81 bits per heavy atom. The summed E-state index contributed by atoms with van der Waals surface area (Å²) in [6.07, 6.45) is 6.91. The highest BCUT2D eigenvalue weighted by Gasteiger charge is 2.21. The lowest BCUT2D eigenvalue weighted by molar-refractivity contribution is 0.451. The fourth-order valence-electron chi connectivity index (χ4n) is 2.77. The van der Waals surface area contributed by atoms with Gasteiger partial charge in [0.2, 0.25) is 0 Å². The standard InChI is InChI=1S/C14H23NS/c1-3-15-13-7-5-4-6-12(10-13)14-9-8-11(2)16-14/h8-9,12-13,15H,3-7,10H2,1-2H3. The molecule has 1 aliphatic carbocycles. The second-order valence-electron chi connectivity index (χ2n) is 4.92. The first-order valence-corrected chi connectivity index (χ1v) is 7.41. The van der Waals surface area contributed by atoms with Crippen LogP contribution in [-0.2, 0) is 0 Å². The van der Waals surface area contributed by atoms with Crippen LogP contribution in [-0.4, -0.2) is 12.6 Å². The summed E-state index contributed by atoms with van der Waals surface area (Å²) in [4.78, 5) is 3.07. The van der Waals surface area contributed by atoms with Crippen LogP contribution in [0.1, 0.15) is 54.7 Å². The van der Waals surface area contributed by atoms with Gasteiger partial charge in [-0.25, -0.2) is 0 Å². The first-order valence-electron chi connectivity index (χ1n) is 6.59. The van der Waals surface area contributed by atoms with Gasteiger partial charge < -0.3 is 5.32 Å². The van der Waals surface area contributed by atoms with E-state index in [2.05, 4.69) is 31.3 Å². The second-order valence-corrected chi connectivity index (χ2v) is 6.24. The van der Waals surface area contributed by atoms with Crippen LogP contribution in [0.3, 0.4) is 0 Å². The zero-order valence-corrected chi connectivity index (χ0v) is 11.3. The summed E-state index contributed by atoms with van der Waals surface area (Å²) < 4.78 is 0. The van der Waals surface area contributed by atoms with Crippen LogP contribution in [0, 0.1) is 6.92 Å². The van der Waals surface area contributed by atoms with Crippen molar-refractivity contribution >= 4 is 11.3 Å². The molecule has 0 aliphatic heterocycles. The Morgan fingerprint density at radius 2 is 2.12 bits per heavy atom. The van der Waals surface area contributed by atoms with Crippen LogP contribution >= 0.6 is 11.3 Å². The summed E-state index contributed by atoms with van der Waals surface area (Å²) >= 11 is 2.00. The molecule has 1 nitrogen and oxygen atoms in total. The largest absolute Gasteiger partial charge is 0.314 e. The lowest BCUT2D eigenvalue weighted by Crippen LogP contribution is -2.29. The van der Waals surface area contributed by atoms with Gasteiger partial charge in [0.25, 0.3) is 0 Å². The monoisotopic (exact) mass is 237 g/mol. The summed E-state index contributed by atoms with van der Waals surface area (Å²) in [5.74, 6) is 0.810. The van der Waals surface area contributed by atoms with Gasteiger partial charge in [0.1, 0.15) is 0 Å². The summed E-state index contributed by atoms with van der Waals surface area (Å²) in [6.45, 7) is 5.54. The molecule has 16 heavy (non-hydrogen) atoms. The van der Waals surface area contributed by atoms with E-state index in [9.17, 15) is 0 Å². The highest BCUT2D eigenvalue weighted by molar-refractivity contribution is 7.12. The van der Waals surface area contributed by atoms with E-state index in [-0.39, 0.29) is 0 Å². The molecule has 1 fully saturated rings. The van der Waals surface area contributed by atoms with Gasteiger partial charge in [0.15, 0.2) is 0 Å². The van der Waals surface area contributed by atoms with Crippen molar-refractivity contribution in [2.24, 2.45) is 0 Å². The van der Waals surface area contributed by atoms with E-state index in [1.165, 1.54) is 37.0 Å². The lowest BCUT2D eigenvalue weighted by atomic mass is 9.96. The molecule has 2 atom stereocenters. The van der Waals surface area contributed by atoms with Crippen LogP contribution in [0.25, 0.3) is 0 Å². The maximum atomic E-state index is 3.64. The van der Waals surface area contributed by atoms with Crippen molar-refractivity contribution in [1.29, 1.82) is 0 Å². The zero-order chi connectivity index (χ0) is 11.4. The van der Waals surface area contributed by atoms with E-state index in [1.54, 1.807) is 4.88 Å². The Bertz CT molecular complexity index is 318. The highest BCUT2D eigenvalue weighted by atomic mass is 32.1. The average Bonchev–Trinajstić information content (AvgIpc) is 2.56. The summed E-state index contributed by atoms with van der Waals surface area (Å²) in [5.41, 5.74) is 0. The van der Waals surface area contributed by atoms with Crippen molar-refractivity contribution in [3.8, 4) is 0 Å². The molecule has 1 heterocycles. The quantitative estimate of drug-likeness (QED) is 0.781. The second kappa shape index (κ2) is 5.83. The molecule has 1 aliphatic rings. The van der Waals surface area contributed by atoms with E-state index in [0.29, 0.717) is 0 Å². The number of nitrogens with one attached hydrogen (secondary N) is 1. The molecule has 0 aromatic carbocycles. The Morgan fingerprint density at radius 1 is 1.31 bits per heavy atom. The number of hydrogen-bond acceptors (Lipinski definition) is 2. The van der Waals surface area contributed by atoms with Crippen LogP contribution in [0.15, 0.2) is 12.1 Å². The highest BCUT2D eigenvalue weighted by Crippen LogP contribution is 2.35. The molecule has 0 bridgehead atoms. The third-order valence-corrected chi connectivity index (χ3v) is 4.74. The molecular formula is C14H23NS. The average molecular weight is 237 g/mol. The van der Waals surface area contributed by atoms with Crippen molar-refractivity contribution in [2.45, 2.75) is 57.9 Å². The van der Waals surface area contributed by atoms with E-state index >= 15 is 0 Å². The predicted octanol–water partition coefficient (Wildman–Crippen LogP) is 4.08. The molecule has 2 unspecified atom stereocenters. The van der Waals surface area contributed by atoms with Crippen LogP contribution in [0.2, 0.25) is 0 Å². The normalized spacial score (nSPS) is 26.6. The molecule has 1 N–H and O–H groups in total. The van der Waals surface area contributed by atoms with Gasteiger partial charge in [0.05, 0.1) is 0 Å². The number of rotatable bonds is 3. The van der Waals surface area contributed by atoms with Crippen LogP contribution in [0.4, 0.5) is 0 Å². The van der Waals surface area contributed by atoms with Gasteiger partial charge in [-0.3, -0.25) is 0 Å². The fraction of sp³-hybridized carbons (Fsp3) is 0.714. The summed E-state index contributed by atoms with van der Waals surface area (Å²) in [7, 11) is 0. The van der Waals surface area contributed by atoms with Crippen molar-refractivity contribution in [2.75, 3.05) is 6.54 Å². The molecule has 1 aromatic rings. The zero-order valence-electron chi connectivity index (χ0n) is 10.5. The maximum Gasteiger partial charge on any atom is 0.00796 e. The van der Waals surface area contributed by atoms with Gasteiger partial charge in [-0.2, -0.15) is 0 Å². The minimum Gasteiger partial charge on any atom is -0.314 e. The van der Waals surface area contributed by atoms with E-state index in [0.717, 1.165) is 18.5 Å². The number of aryl methyl sites for hydroxylation is 1. The first kappa shape index (κ1) is 12.1. The number of thiophene rings is 1. The molecule has 1 saturated carbocycles. The van der Waals surface area contributed by atoms with Gasteiger partial charge >= 0.3 is 0 Å². The Hall–Kier alpha value is -0.340. The predicted molar refractivity (Wildman–Crippen MR) is 72.3 cm³/mol. The van der Waals surface area contributed by atoms with Crippen LogP contribution in [0.5, 0.6) is 0 Å². The van der Waals surface area contributed by atoms with E-state index in [1.807, 2.05) is 11.3 Å². The SMILES string of the molecule is CCNC1CCCCC(c2ccc(C)s2)C1. The van der Waals surface area contributed by atoms with Crippen molar-refractivity contribution in [3.05, 3.63) is 21.9 Å². The molecule has 90 valence electrons. The van der Waals surface area contributed by atoms with Gasteiger partial charge in [0, 0.05) is 15.8 Å². The molecule has 2 heteroatoms. The molecule has 0 amide bonds. The molecule has 0 spiro atoms. The minimum absolute atomic E-state index is 0.750. The lowest BCUT2D eigenvalue weighted by Gasteiger charge is -2.19. The van der Waals surface area contributed by atoms with E-state index in [4.69, 9.17) is 0 Å². The Labute approximate surface area is 103 Å². The van der Waals surface area contributed by atoms with Gasteiger partial charge in [-0.1, -0.05) is 19.8 Å². The molecule has 0 saturated heterocycles. The summed E-state index contributed by atoms with van der Waals surface area (Å²) in [5, 5.41) is 3.64. The smallest absolute Gasteiger partial charge is 0.00796 e.